The Morgan fingerprint density at radius 2 is 2.10 bits per heavy atom. The van der Waals surface area contributed by atoms with Crippen LogP contribution in [-0.4, -0.2) is 23.2 Å². The molecule has 2 unspecified atom stereocenters. The molecule has 1 amide bonds. The highest BCUT2D eigenvalue weighted by molar-refractivity contribution is 5.89. The van der Waals surface area contributed by atoms with E-state index in [0.717, 1.165) is 24.8 Å². The zero-order chi connectivity index (χ0) is 14.8. The monoisotopic (exact) mass is 275 g/mol. The minimum absolute atomic E-state index is 0.00443. The molecule has 0 aliphatic heterocycles. The van der Waals surface area contributed by atoms with Crippen LogP contribution in [0.1, 0.15) is 50.7 Å². The first-order valence-electron chi connectivity index (χ1n) is 7.50. The third kappa shape index (κ3) is 3.04. The van der Waals surface area contributed by atoms with Gasteiger partial charge in [-0.25, -0.2) is 0 Å². The summed E-state index contributed by atoms with van der Waals surface area (Å²) in [6.07, 6.45) is 3.15. The van der Waals surface area contributed by atoms with Gasteiger partial charge >= 0.3 is 0 Å². The number of aliphatic hydroxyl groups is 1. The quantitative estimate of drug-likeness (QED) is 0.868. The maximum absolute atomic E-state index is 12.7. The van der Waals surface area contributed by atoms with E-state index in [-0.39, 0.29) is 23.5 Å². The zero-order valence-electron chi connectivity index (χ0n) is 12.6. The third-order valence-electron chi connectivity index (χ3n) is 4.28. The molecular weight excluding hydrogens is 250 g/mol. The lowest BCUT2D eigenvalue weighted by atomic mass is 9.63. The van der Waals surface area contributed by atoms with Crippen molar-refractivity contribution in [2.24, 2.45) is 0 Å². The van der Waals surface area contributed by atoms with Gasteiger partial charge in [0.25, 0.3) is 0 Å². The van der Waals surface area contributed by atoms with Crippen molar-refractivity contribution in [1.29, 1.82) is 0 Å². The highest BCUT2D eigenvalue weighted by Gasteiger charge is 2.45. The molecule has 2 rings (SSSR count). The van der Waals surface area contributed by atoms with Crippen LogP contribution in [0.4, 0.5) is 0 Å². The van der Waals surface area contributed by atoms with Crippen LogP contribution in [0.25, 0.3) is 0 Å². The molecule has 0 spiro atoms. The molecule has 2 N–H and O–H groups in total. The average molecular weight is 275 g/mol. The molecule has 1 aliphatic rings. The number of carbonyl (C=O) groups excluding carboxylic acids is 1. The van der Waals surface area contributed by atoms with Gasteiger partial charge in [0.2, 0.25) is 5.91 Å². The van der Waals surface area contributed by atoms with Gasteiger partial charge in [0.05, 0.1) is 11.5 Å². The first-order valence-corrected chi connectivity index (χ1v) is 7.50. The Morgan fingerprint density at radius 3 is 2.60 bits per heavy atom. The predicted molar refractivity (Wildman–Crippen MR) is 80.6 cm³/mol. The molecule has 20 heavy (non-hydrogen) atoms. The number of hydrogen-bond donors (Lipinski definition) is 2. The van der Waals surface area contributed by atoms with E-state index in [9.17, 15) is 9.90 Å². The second kappa shape index (κ2) is 5.96. The molecule has 2 atom stereocenters. The van der Waals surface area contributed by atoms with Gasteiger partial charge in [0.1, 0.15) is 0 Å². The van der Waals surface area contributed by atoms with Crippen LogP contribution in [0.2, 0.25) is 0 Å². The Morgan fingerprint density at radius 1 is 1.40 bits per heavy atom. The molecular formula is C17H25NO2. The van der Waals surface area contributed by atoms with E-state index < -0.39 is 0 Å². The lowest BCUT2D eigenvalue weighted by Crippen LogP contribution is -2.51. The summed E-state index contributed by atoms with van der Waals surface area (Å²) in [5.41, 5.74) is 1.98. The van der Waals surface area contributed by atoms with E-state index in [1.54, 1.807) is 6.92 Å². The summed E-state index contributed by atoms with van der Waals surface area (Å²) in [6, 6.07) is 8.27. The molecule has 0 aromatic heterocycles. The molecule has 3 nitrogen and oxygen atoms in total. The molecule has 1 saturated carbocycles. The second-order valence-corrected chi connectivity index (χ2v) is 6.26. The highest BCUT2D eigenvalue weighted by Crippen LogP contribution is 2.44. The van der Waals surface area contributed by atoms with Gasteiger partial charge in [-0.15, -0.1) is 0 Å². The summed E-state index contributed by atoms with van der Waals surface area (Å²) in [5, 5.41) is 12.5. The Kier molecular flexibility index (Phi) is 4.48. The Bertz CT molecular complexity index is 478. The van der Waals surface area contributed by atoms with Crippen molar-refractivity contribution in [3.63, 3.8) is 0 Å². The van der Waals surface area contributed by atoms with Crippen molar-refractivity contribution < 1.29 is 9.90 Å². The van der Waals surface area contributed by atoms with Gasteiger partial charge in [-0.1, -0.05) is 36.2 Å². The summed E-state index contributed by atoms with van der Waals surface area (Å²) < 4.78 is 0. The predicted octanol–water partition coefficient (Wildman–Crippen LogP) is 2.69. The number of hydrogen-bond acceptors (Lipinski definition) is 2. The number of aliphatic hydroxyl groups excluding tert-OH is 1. The number of aryl methyl sites for hydroxylation is 1. The lowest BCUT2D eigenvalue weighted by molar-refractivity contribution is -0.130. The average Bonchev–Trinajstić information content (AvgIpc) is 2.25. The molecule has 0 heterocycles. The summed E-state index contributed by atoms with van der Waals surface area (Å²) in [6.45, 7) is 5.76. The lowest BCUT2D eigenvalue weighted by Gasteiger charge is -2.41. The molecule has 0 radical (unpaired) electrons. The van der Waals surface area contributed by atoms with Crippen LogP contribution in [0.3, 0.4) is 0 Å². The Hall–Kier alpha value is -1.35. The molecule has 0 bridgehead atoms. The number of amides is 1. The fraction of sp³-hybridized carbons (Fsp3) is 0.588. The SMILES string of the molecule is Cc1cccc(C2(C(=O)NC(C)CC(C)O)CCC2)c1. The second-order valence-electron chi connectivity index (χ2n) is 6.26. The molecule has 1 aromatic carbocycles. The van der Waals surface area contributed by atoms with Crippen molar-refractivity contribution >= 4 is 5.91 Å². The van der Waals surface area contributed by atoms with E-state index in [1.807, 2.05) is 13.0 Å². The highest BCUT2D eigenvalue weighted by atomic mass is 16.3. The van der Waals surface area contributed by atoms with E-state index in [0.29, 0.717) is 6.42 Å². The van der Waals surface area contributed by atoms with E-state index in [1.165, 1.54) is 5.56 Å². The molecule has 1 aliphatic carbocycles. The van der Waals surface area contributed by atoms with Crippen LogP contribution >= 0.6 is 0 Å². The van der Waals surface area contributed by atoms with E-state index in [2.05, 4.69) is 30.4 Å². The van der Waals surface area contributed by atoms with Crippen LogP contribution in [-0.2, 0) is 10.2 Å². The topological polar surface area (TPSA) is 49.3 Å². The van der Waals surface area contributed by atoms with Gasteiger partial charge in [-0.2, -0.15) is 0 Å². The van der Waals surface area contributed by atoms with E-state index in [4.69, 9.17) is 0 Å². The maximum atomic E-state index is 12.7. The van der Waals surface area contributed by atoms with Gasteiger partial charge in [-0.05, 0) is 45.6 Å². The van der Waals surface area contributed by atoms with Gasteiger partial charge in [-0.3, -0.25) is 4.79 Å². The van der Waals surface area contributed by atoms with Crippen LogP contribution in [0.5, 0.6) is 0 Å². The van der Waals surface area contributed by atoms with Crippen LogP contribution in [0.15, 0.2) is 24.3 Å². The molecule has 110 valence electrons. The van der Waals surface area contributed by atoms with Crippen molar-refractivity contribution in [2.75, 3.05) is 0 Å². The Labute approximate surface area is 121 Å². The standard InChI is InChI=1S/C17H25NO2/c1-12-6-4-7-15(10-12)17(8-5-9-17)16(20)18-13(2)11-14(3)19/h4,6-7,10,13-14,19H,5,8-9,11H2,1-3H3,(H,18,20). The summed E-state index contributed by atoms with van der Waals surface area (Å²) in [4.78, 5) is 12.7. The maximum Gasteiger partial charge on any atom is 0.230 e. The minimum atomic E-state index is -0.387. The normalized spacial score (nSPS) is 19.8. The zero-order valence-corrected chi connectivity index (χ0v) is 12.6. The van der Waals surface area contributed by atoms with Gasteiger partial charge < -0.3 is 10.4 Å². The summed E-state index contributed by atoms with van der Waals surface area (Å²) >= 11 is 0. The number of benzene rings is 1. The molecule has 3 heteroatoms. The fourth-order valence-electron chi connectivity index (χ4n) is 3.05. The largest absolute Gasteiger partial charge is 0.393 e. The smallest absolute Gasteiger partial charge is 0.230 e. The fourth-order valence-corrected chi connectivity index (χ4v) is 3.05. The van der Waals surface area contributed by atoms with Crippen molar-refractivity contribution in [3.8, 4) is 0 Å². The number of carbonyl (C=O) groups is 1. The first kappa shape index (κ1) is 15.0. The van der Waals surface area contributed by atoms with Crippen LogP contribution in [0, 0.1) is 6.92 Å². The van der Waals surface area contributed by atoms with E-state index >= 15 is 0 Å². The number of rotatable bonds is 5. The van der Waals surface area contributed by atoms with Gasteiger partial charge in [0, 0.05) is 6.04 Å². The minimum Gasteiger partial charge on any atom is -0.393 e. The van der Waals surface area contributed by atoms with Crippen molar-refractivity contribution in [2.45, 2.75) is 64.0 Å². The number of nitrogens with one attached hydrogen (secondary N) is 1. The van der Waals surface area contributed by atoms with Crippen molar-refractivity contribution in [1.82, 2.24) is 5.32 Å². The van der Waals surface area contributed by atoms with Crippen molar-refractivity contribution in [3.05, 3.63) is 35.4 Å². The summed E-state index contributed by atoms with van der Waals surface area (Å²) in [5.74, 6) is 0.113. The third-order valence-corrected chi connectivity index (χ3v) is 4.28. The Balaban J connectivity index is 2.13. The van der Waals surface area contributed by atoms with Crippen LogP contribution < -0.4 is 5.32 Å². The molecule has 1 fully saturated rings. The van der Waals surface area contributed by atoms with Gasteiger partial charge in [0.15, 0.2) is 0 Å². The molecule has 1 aromatic rings. The first-order chi connectivity index (χ1) is 9.44. The summed E-state index contributed by atoms with van der Waals surface area (Å²) in [7, 11) is 0. The molecule has 0 saturated heterocycles.